The molecule has 0 nitrogen and oxygen atoms in total. The fourth-order valence-electron chi connectivity index (χ4n) is 0.406. The van der Waals surface area contributed by atoms with Gasteiger partial charge in [-0.3, -0.25) is 0 Å². The lowest BCUT2D eigenvalue weighted by atomic mass is 10.3. The molecule has 0 amide bonds. The van der Waals surface area contributed by atoms with E-state index in [-0.39, 0.29) is 0 Å². The van der Waals surface area contributed by atoms with Crippen LogP contribution in [0.2, 0.25) is 0 Å². The van der Waals surface area contributed by atoms with Crippen molar-refractivity contribution in [1.29, 1.82) is 0 Å². The molecule has 0 aromatic rings. The average Bonchev–Trinajstić information content (AvgIpc) is 1.81. The molecule has 0 aliphatic rings. The van der Waals surface area contributed by atoms with Crippen molar-refractivity contribution in [3.8, 4) is 0 Å². The molecule has 0 heterocycles. The van der Waals surface area contributed by atoms with E-state index in [4.69, 9.17) is 0 Å². The third kappa shape index (κ3) is 5.83. The summed E-state index contributed by atoms with van der Waals surface area (Å²) >= 11 is 4.01. The highest BCUT2D eigenvalue weighted by Gasteiger charge is 1.71. The predicted octanol–water partition coefficient (Wildman–Crippen LogP) is 2.44. The molecule has 0 saturated heterocycles. The molecule has 8 heavy (non-hydrogen) atoms. The van der Waals surface area contributed by atoms with E-state index in [1.165, 1.54) is 0 Å². The number of hydrogen-bond donors (Lipinski definition) is 1. The van der Waals surface area contributed by atoms with Gasteiger partial charge >= 0.3 is 0 Å². The minimum absolute atomic E-state index is 0.844. The molecule has 1 heteroatoms. The summed E-state index contributed by atoms with van der Waals surface area (Å²) in [5.41, 5.74) is 0. The van der Waals surface area contributed by atoms with Crippen molar-refractivity contribution in [2.45, 2.75) is 12.8 Å². The van der Waals surface area contributed by atoms with E-state index >= 15 is 0 Å². The van der Waals surface area contributed by atoms with Gasteiger partial charge in [0.2, 0.25) is 0 Å². The first-order valence-corrected chi connectivity index (χ1v) is 3.42. The smallest absolute Gasteiger partial charge is 0.00825 e. The van der Waals surface area contributed by atoms with Crippen molar-refractivity contribution in [3.05, 3.63) is 24.8 Å². The standard InChI is InChI=1S/C7H12S/c1-2-3-4-5-6-7-8/h2,5-6,8H,1,3-4,7H2/b6-5+. The van der Waals surface area contributed by atoms with Crippen LogP contribution in [0.5, 0.6) is 0 Å². The van der Waals surface area contributed by atoms with Crippen LogP contribution >= 0.6 is 12.6 Å². The van der Waals surface area contributed by atoms with E-state index in [0.29, 0.717) is 0 Å². The number of hydrogen-bond acceptors (Lipinski definition) is 1. The van der Waals surface area contributed by atoms with Crippen LogP contribution in [0.4, 0.5) is 0 Å². The Labute approximate surface area is 56.7 Å². The van der Waals surface area contributed by atoms with E-state index in [9.17, 15) is 0 Å². The maximum absolute atomic E-state index is 4.01. The number of allylic oxidation sites excluding steroid dienone is 2. The lowest BCUT2D eigenvalue weighted by molar-refractivity contribution is 1.05. The molecule has 0 fully saturated rings. The van der Waals surface area contributed by atoms with Gasteiger partial charge in [0.25, 0.3) is 0 Å². The Morgan fingerprint density at radius 3 is 2.50 bits per heavy atom. The van der Waals surface area contributed by atoms with Crippen LogP contribution in [0.1, 0.15) is 12.8 Å². The molecule has 0 unspecified atom stereocenters. The molecule has 0 N–H and O–H groups in total. The second-order valence-corrected chi connectivity index (χ2v) is 1.89. The van der Waals surface area contributed by atoms with Gasteiger partial charge in [0, 0.05) is 5.75 Å². The third-order valence-corrected chi connectivity index (χ3v) is 1.02. The summed E-state index contributed by atoms with van der Waals surface area (Å²) in [5.74, 6) is 0.844. The average molecular weight is 128 g/mol. The molecule has 0 atom stereocenters. The van der Waals surface area contributed by atoms with E-state index in [0.717, 1.165) is 18.6 Å². The van der Waals surface area contributed by atoms with Crippen molar-refractivity contribution < 1.29 is 0 Å². The third-order valence-electron chi connectivity index (χ3n) is 0.810. The maximum atomic E-state index is 4.01. The first kappa shape index (κ1) is 7.83. The summed E-state index contributed by atoms with van der Waals surface area (Å²) in [5, 5.41) is 0. The van der Waals surface area contributed by atoms with Crippen molar-refractivity contribution in [3.63, 3.8) is 0 Å². The SMILES string of the molecule is C=CCC/C=C/CS. The van der Waals surface area contributed by atoms with Crippen LogP contribution in [0.15, 0.2) is 24.8 Å². The highest BCUT2D eigenvalue weighted by atomic mass is 32.1. The lowest BCUT2D eigenvalue weighted by Crippen LogP contribution is -1.63. The number of unbranched alkanes of at least 4 members (excludes halogenated alkanes) is 1. The van der Waals surface area contributed by atoms with Gasteiger partial charge in [-0.05, 0) is 12.8 Å². The Morgan fingerprint density at radius 1 is 1.25 bits per heavy atom. The molecule has 0 aromatic heterocycles. The molecular formula is C7H12S. The lowest BCUT2D eigenvalue weighted by Gasteiger charge is -1.81. The Bertz CT molecular complexity index is 74.5. The van der Waals surface area contributed by atoms with Gasteiger partial charge < -0.3 is 0 Å². The monoisotopic (exact) mass is 128 g/mol. The van der Waals surface area contributed by atoms with Crippen molar-refractivity contribution in [2.75, 3.05) is 5.75 Å². The molecule has 0 aliphatic heterocycles. The van der Waals surface area contributed by atoms with Gasteiger partial charge in [-0.25, -0.2) is 0 Å². The van der Waals surface area contributed by atoms with E-state index in [1.54, 1.807) is 0 Å². The zero-order chi connectivity index (χ0) is 6.24. The van der Waals surface area contributed by atoms with Gasteiger partial charge in [-0.2, -0.15) is 12.6 Å². The fourth-order valence-corrected chi connectivity index (χ4v) is 0.556. The highest BCUT2D eigenvalue weighted by molar-refractivity contribution is 7.80. The Balaban J connectivity index is 2.90. The van der Waals surface area contributed by atoms with Crippen molar-refractivity contribution in [2.24, 2.45) is 0 Å². The molecular weight excluding hydrogens is 116 g/mol. The summed E-state index contributed by atoms with van der Waals surface area (Å²) in [6, 6.07) is 0. The fraction of sp³-hybridized carbons (Fsp3) is 0.429. The van der Waals surface area contributed by atoms with Crippen LogP contribution in [-0.2, 0) is 0 Å². The minimum atomic E-state index is 0.844. The second kappa shape index (κ2) is 6.83. The maximum Gasteiger partial charge on any atom is 0.00825 e. The van der Waals surface area contributed by atoms with Gasteiger partial charge in [0.05, 0.1) is 0 Å². The van der Waals surface area contributed by atoms with Crippen LogP contribution < -0.4 is 0 Å². The quantitative estimate of drug-likeness (QED) is 0.335. The van der Waals surface area contributed by atoms with Crippen LogP contribution in [-0.4, -0.2) is 5.75 Å². The number of rotatable bonds is 4. The van der Waals surface area contributed by atoms with Crippen molar-refractivity contribution >= 4 is 12.6 Å². The molecule has 0 bridgehead atoms. The van der Waals surface area contributed by atoms with Gasteiger partial charge in [0.1, 0.15) is 0 Å². The van der Waals surface area contributed by atoms with Gasteiger partial charge in [-0.1, -0.05) is 18.2 Å². The highest BCUT2D eigenvalue weighted by Crippen LogP contribution is 1.90. The van der Waals surface area contributed by atoms with E-state index < -0.39 is 0 Å². The van der Waals surface area contributed by atoms with Gasteiger partial charge in [-0.15, -0.1) is 6.58 Å². The van der Waals surface area contributed by atoms with Crippen LogP contribution in [0.3, 0.4) is 0 Å². The second-order valence-electron chi connectivity index (χ2n) is 1.52. The molecule has 0 saturated carbocycles. The molecule has 0 aliphatic carbocycles. The zero-order valence-electron chi connectivity index (χ0n) is 5.01. The Kier molecular flexibility index (Phi) is 6.68. The van der Waals surface area contributed by atoms with Crippen LogP contribution in [0, 0.1) is 0 Å². The summed E-state index contributed by atoms with van der Waals surface area (Å²) in [4.78, 5) is 0. The molecule has 0 aromatic carbocycles. The van der Waals surface area contributed by atoms with E-state index in [1.807, 2.05) is 12.2 Å². The molecule has 0 radical (unpaired) electrons. The van der Waals surface area contributed by atoms with Crippen molar-refractivity contribution in [1.82, 2.24) is 0 Å². The summed E-state index contributed by atoms with van der Waals surface area (Å²) in [6.07, 6.45) is 8.26. The minimum Gasteiger partial charge on any atom is -0.175 e. The number of thiol groups is 1. The summed E-state index contributed by atoms with van der Waals surface area (Å²) in [7, 11) is 0. The Hall–Kier alpha value is -0.170. The van der Waals surface area contributed by atoms with Gasteiger partial charge in [0.15, 0.2) is 0 Å². The molecule has 0 spiro atoms. The van der Waals surface area contributed by atoms with Crippen LogP contribution in [0.25, 0.3) is 0 Å². The first-order valence-electron chi connectivity index (χ1n) is 2.78. The molecule has 0 rings (SSSR count). The Morgan fingerprint density at radius 2 is 2.00 bits per heavy atom. The molecule has 46 valence electrons. The summed E-state index contributed by atoms with van der Waals surface area (Å²) < 4.78 is 0. The van der Waals surface area contributed by atoms with E-state index in [2.05, 4.69) is 25.3 Å². The topological polar surface area (TPSA) is 0 Å². The first-order chi connectivity index (χ1) is 3.91. The zero-order valence-corrected chi connectivity index (χ0v) is 5.90. The summed E-state index contributed by atoms with van der Waals surface area (Å²) in [6.45, 7) is 3.61. The predicted molar refractivity (Wildman–Crippen MR) is 42.4 cm³/mol. The largest absolute Gasteiger partial charge is 0.175 e. The normalized spacial score (nSPS) is 10.1.